The topological polar surface area (TPSA) is 15.3 Å². The zero-order valence-electron chi connectivity index (χ0n) is 11.3. The first-order chi connectivity index (χ1) is 7.07. The zero-order valence-corrected chi connectivity index (χ0v) is 11.3. The van der Waals surface area contributed by atoms with Gasteiger partial charge in [-0.2, -0.15) is 0 Å². The van der Waals surface area contributed by atoms with Gasteiger partial charge in [0, 0.05) is 6.04 Å². The Morgan fingerprint density at radius 2 is 1.87 bits per heavy atom. The molecule has 0 aromatic carbocycles. The second-order valence-electron chi connectivity index (χ2n) is 5.07. The molecule has 0 aliphatic heterocycles. The Bertz CT molecular complexity index is 134. The van der Waals surface area contributed by atoms with E-state index in [9.17, 15) is 0 Å². The molecule has 1 N–H and O–H groups in total. The molecule has 0 aromatic rings. The third-order valence-electron chi connectivity index (χ3n) is 2.91. The number of hydrogen-bond donors (Lipinski definition) is 1. The second-order valence-corrected chi connectivity index (χ2v) is 5.07. The quantitative estimate of drug-likeness (QED) is 0.594. The largest absolute Gasteiger partial charge is 0.316 e. The molecule has 0 saturated carbocycles. The van der Waals surface area contributed by atoms with E-state index in [0.29, 0.717) is 6.04 Å². The summed E-state index contributed by atoms with van der Waals surface area (Å²) in [6.45, 7) is 12.6. The zero-order chi connectivity index (χ0) is 11.7. The Hall–Kier alpha value is -0.0800. The van der Waals surface area contributed by atoms with Crippen LogP contribution in [0.2, 0.25) is 0 Å². The summed E-state index contributed by atoms with van der Waals surface area (Å²) in [5.74, 6) is 0.762. The third-order valence-corrected chi connectivity index (χ3v) is 2.91. The smallest absolute Gasteiger partial charge is 0.00759 e. The van der Waals surface area contributed by atoms with Crippen molar-refractivity contribution in [1.29, 1.82) is 0 Å². The van der Waals surface area contributed by atoms with Gasteiger partial charge in [0.05, 0.1) is 0 Å². The van der Waals surface area contributed by atoms with Crippen molar-refractivity contribution < 1.29 is 0 Å². The monoisotopic (exact) mass is 214 g/mol. The molecule has 0 saturated heterocycles. The van der Waals surface area contributed by atoms with E-state index in [2.05, 4.69) is 45.0 Å². The molecule has 1 atom stereocenters. The molecule has 0 rings (SSSR count). The van der Waals surface area contributed by atoms with Gasteiger partial charge in [-0.05, 0) is 52.4 Å². The van der Waals surface area contributed by atoms with Crippen molar-refractivity contribution in [3.05, 3.63) is 0 Å². The summed E-state index contributed by atoms with van der Waals surface area (Å²) in [6, 6.07) is 0.705. The molecule has 92 valence electrons. The van der Waals surface area contributed by atoms with Gasteiger partial charge in [0.1, 0.15) is 0 Å². The maximum Gasteiger partial charge on any atom is 0.00759 e. The van der Waals surface area contributed by atoms with E-state index in [-0.39, 0.29) is 0 Å². The Labute approximate surface area is 96.4 Å². The number of nitrogens with zero attached hydrogens (tertiary/aromatic N) is 1. The second kappa shape index (κ2) is 9.17. The van der Waals surface area contributed by atoms with Crippen LogP contribution in [0.15, 0.2) is 0 Å². The molecular weight excluding hydrogens is 184 g/mol. The predicted molar refractivity (Wildman–Crippen MR) is 69.3 cm³/mol. The van der Waals surface area contributed by atoms with E-state index < -0.39 is 0 Å². The summed E-state index contributed by atoms with van der Waals surface area (Å²) in [5.41, 5.74) is 0. The van der Waals surface area contributed by atoms with Crippen LogP contribution in [0.25, 0.3) is 0 Å². The maximum atomic E-state index is 3.50. The van der Waals surface area contributed by atoms with Crippen LogP contribution < -0.4 is 5.32 Å². The SMILES string of the molecule is CCCCN(C)C(C)CCNCC(C)C. The molecule has 0 fully saturated rings. The normalized spacial score (nSPS) is 13.8. The fourth-order valence-electron chi connectivity index (χ4n) is 1.55. The van der Waals surface area contributed by atoms with Gasteiger partial charge in [0.25, 0.3) is 0 Å². The molecule has 0 heterocycles. The molecule has 0 bridgehead atoms. The van der Waals surface area contributed by atoms with Crippen molar-refractivity contribution in [2.45, 2.75) is 53.0 Å². The third kappa shape index (κ3) is 8.88. The van der Waals surface area contributed by atoms with Crippen LogP contribution in [0.3, 0.4) is 0 Å². The molecule has 2 heteroatoms. The summed E-state index contributed by atoms with van der Waals surface area (Å²) >= 11 is 0. The van der Waals surface area contributed by atoms with Gasteiger partial charge in [0.2, 0.25) is 0 Å². The van der Waals surface area contributed by atoms with Crippen LogP contribution in [0.4, 0.5) is 0 Å². The van der Waals surface area contributed by atoms with E-state index in [0.717, 1.165) is 19.0 Å². The minimum absolute atomic E-state index is 0.705. The van der Waals surface area contributed by atoms with E-state index in [1.807, 2.05) is 0 Å². The molecule has 0 aromatic heterocycles. The Morgan fingerprint density at radius 3 is 2.40 bits per heavy atom. The summed E-state index contributed by atoms with van der Waals surface area (Å²) in [5, 5.41) is 3.50. The highest BCUT2D eigenvalue weighted by molar-refractivity contribution is 4.65. The minimum atomic E-state index is 0.705. The van der Waals surface area contributed by atoms with Gasteiger partial charge >= 0.3 is 0 Å². The molecule has 0 aliphatic rings. The van der Waals surface area contributed by atoms with Crippen molar-refractivity contribution in [2.24, 2.45) is 5.92 Å². The van der Waals surface area contributed by atoms with Crippen LogP contribution >= 0.6 is 0 Å². The molecule has 0 radical (unpaired) electrons. The van der Waals surface area contributed by atoms with E-state index in [1.54, 1.807) is 0 Å². The highest BCUT2D eigenvalue weighted by atomic mass is 15.1. The minimum Gasteiger partial charge on any atom is -0.316 e. The van der Waals surface area contributed by atoms with E-state index in [4.69, 9.17) is 0 Å². The lowest BCUT2D eigenvalue weighted by Crippen LogP contribution is -2.33. The Balaban J connectivity index is 3.42. The van der Waals surface area contributed by atoms with Crippen LogP contribution in [-0.2, 0) is 0 Å². The Kier molecular flexibility index (Phi) is 9.12. The fourth-order valence-corrected chi connectivity index (χ4v) is 1.55. The average molecular weight is 214 g/mol. The first kappa shape index (κ1) is 14.9. The lowest BCUT2D eigenvalue weighted by Gasteiger charge is -2.24. The number of unbranched alkanes of at least 4 members (excludes halogenated alkanes) is 1. The summed E-state index contributed by atoms with van der Waals surface area (Å²) < 4.78 is 0. The first-order valence-electron chi connectivity index (χ1n) is 6.48. The van der Waals surface area contributed by atoms with Gasteiger partial charge in [-0.3, -0.25) is 0 Å². The standard InChI is InChI=1S/C13H30N2/c1-6-7-10-15(5)13(4)8-9-14-11-12(2)3/h12-14H,6-11H2,1-5H3. The van der Waals surface area contributed by atoms with Crippen LogP contribution in [0.5, 0.6) is 0 Å². The van der Waals surface area contributed by atoms with Crippen molar-refractivity contribution in [2.75, 3.05) is 26.7 Å². The van der Waals surface area contributed by atoms with Crippen molar-refractivity contribution >= 4 is 0 Å². The van der Waals surface area contributed by atoms with Gasteiger partial charge in [-0.1, -0.05) is 27.2 Å². The van der Waals surface area contributed by atoms with Gasteiger partial charge < -0.3 is 10.2 Å². The molecule has 0 aliphatic carbocycles. The van der Waals surface area contributed by atoms with Gasteiger partial charge in [-0.25, -0.2) is 0 Å². The Morgan fingerprint density at radius 1 is 1.20 bits per heavy atom. The van der Waals surface area contributed by atoms with Crippen molar-refractivity contribution in [3.8, 4) is 0 Å². The molecule has 1 unspecified atom stereocenters. The average Bonchev–Trinajstić information content (AvgIpc) is 2.20. The fraction of sp³-hybridized carbons (Fsp3) is 1.00. The van der Waals surface area contributed by atoms with Crippen molar-refractivity contribution in [1.82, 2.24) is 10.2 Å². The predicted octanol–water partition coefficient (Wildman–Crippen LogP) is 2.74. The van der Waals surface area contributed by atoms with Gasteiger partial charge in [0.15, 0.2) is 0 Å². The van der Waals surface area contributed by atoms with Crippen molar-refractivity contribution in [3.63, 3.8) is 0 Å². The van der Waals surface area contributed by atoms with E-state index >= 15 is 0 Å². The van der Waals surface area contributed by atoms with E-state index in [1.165, 1.54) is 25.8 Å². The highest BCUT2D eigenvalue weighted by Gasteiger charge is 2.07. The summed E-state index contributed by atoms with van der Waals surface area (Å²) in [6.07, 6.45) is 3.87. The first-order valence-corrected chi connectivity index (χ1v) is 6.48. The molecule has 0 amide bonds. The summed E-state index contributed by atoms with van der Waals surface area (Å²) in [4.78, 5) is 2.47. The number of rotatable bonds is 9. The number of nitrogens with one attached hydrogen (secondary N) is 1. The number of hydrogen-bond acceptors (Lipinski definition) is 2. The molecular formula is C13H30N2. The molecule has 2 nitrogen and oxygen atoms in total. The summed E-state index contributed by atoms with van der Waals surface area (Å²) in [7, 11) is 2.24. The maximum absolute atomic E-state index is 3.50. The highest BCUT2D eigenvalue weighted by Crippen LogP contribution is 2.02. The van der Waals surface area contributed by atoms with Crippen LogP contribution in [0, 0.1) is 5.92 Å². The molecule has 0 spiro atoms. The molecule has 15 heavy (non-hydrogen) atoms. The van der Waals surface area contributed by atoms with Crippen LogP contribution in [-0.4, -0.2) is 37.6 Å². The van der Waals surface area contributed by atoms with Crippen LogP contribution in [0.1, 0.15) is 47.0 Å². The van der Waals surface area contributed by atoms with Gasteiger partial charge in [-0.15, -0.1) is 0 Å². The lowest BCUT2D eigenvalue weighted by atomic mass is 10.2. The lowest BCUT2D eigenvalue weighted by molar-refractivity contribution is 0.240.